The molecule has 0 aliphatic carbocycles. The topological polar surface area (TPSA) is 42.7 Å². The van der Waals surface area contributed by atoms with Crippen molar-refractivity contribution in [3.05, 3.63) is 84.3 Å². The normalized spacial score (nSPS) is 19.7. The first-order valence-corrected chi connectivity index (χ1v) is 8.29. The molecule has 2 atom stereocenters. The molecule has 1 fully saturated rings. The SMILES string of the molecule is CO[C@H]1C(=O)N(Cc2ccccc2)[C@H]1c1occc1-c1ccccc1. The first-order valence-electron chi connectivity index (χ1n) is 8.29. The number of carbonyl (C=O) groups excluding carboxylic acids is 1. The van der Waals surface area contributed by atoms with Gasteiger partial charge in [0, 0.05) is 19.2 Å². The van der Waals surface area contributed by atoms with Gasteiger partial charge in [0.15, 0.2) is 6.10 Å². The van der Waals surface area contributed by atoms with E-state index in [1.165, 1.54) is 0 Å². The molecule has 0 radical (unpaired) electrons. The smallest absolute Gasteiger partial charge is 0.255 e. The molecule has 4 nitrogen and oxygen atoms in total. The monoisotopic (exact) mass is 333 g/mol. The quantitative estimate of drug-likeness (QED) is 0.662. The van der Waals surface area contributed by atoms with E-state index in [2.05, 4.69) is 0 Å². The van der Waals surface area contributed by atoms with Crippen LogP contribution in [0.2, 0.25) is 0 Å². The van der Waals surface area contributed by atoms with Crippen LogP contribution in [0.4, 0.5) is 0 Å². The molecule has 1 aromatic heterocycles. The Balaban J connectivity index is 1.68. The Morgan fingerprint density at radius 3 is 2.36 bits per heavy atom. The van der Waals surface area contributed by atoms with Crippen molar-refractivity contribution < 1.29 is 13.9 Å². The maximum Gasteiger partial charge on any atom is 0.255 e. The second-order valence-electron chi connectivity index (χ2n) is 6.12. The molecule has 126 valence electrons. The molecule has 3 aromatic rings. The number of nitrogens with zero attached hydrogens (tertiary/aromatic N) is 1. The lowest BCUT2D eigenvalue weighted by Crippen LogP contribution is -2.58. The number of likely N-dealkylation sites (tertiary alicyclic amines) is 1. The molecule has 1 aliphatic rings. The maximum atomic E-state index is 12.5. The van der Waals surface area contributed by atoms with Crippen molar-refractivity contribution in [1.82, 2.24) is 4.90 Å². The van der Waals surface area contributed by atoms with Gasteiger partial charge in [-0.15, -0.1) is 0 Å². The molecule has 25 heavy (non-hydrogen) atoms. The zero-order valence-electron chi connectivity index (χ0n) is 14.0. The molecular weight excluding hydrogens is 314 g/mol. The minimum Gasteiger partial charge on any atom is -0.466 e. The van der Waals surface area contributed by atoms with E-state index in [9.17, 15) is 4.79 Å². The van der Waals surface area contributed by atoms with Gasteiger partial charge >= 0.3 is 0 Å². The standard InChI is InChI=1S/C21H19NO3/c1-24-20-18(22(21(20)23)14-15-8-4-2-5-9-15)19-17(12-13-25-19)16-10-6-3-7-11-16/h2-13,18,20H,14H2,1H3/t18-,20+/m0/s1. The molecule has 1 aliphatic heterocycles. The van der Waals surface area contributed by atoms with E-state index in [0.717, 1.165) is 22.5 Å². The molecule has 0 N–H and O–H groups in total. The maximum absolute atomic E-state index is 12.5. The lowest BCUT2D eigenvalue weighted by molar-refractivity contribution is -0.174. The Hall–Kier alpha value is -2.85. The van der Waals surface area contributed by atoms with Crippen LogP contribution in [0.1, 0.15) is 17.4 Å². The average Bonchev–Trinajstić information content (AvgIpc) is 3.14. The molecule has 0 spiro atoms. The molecule has 2 heterocycles. The van der Waals surface area contributed by atoms with Crippen molar-refractivity contribution in [2.75, 3.05) is 7.11 Å². The summed E-state index contributed by atoms with van der Waals surface area (Å²) in [6, 6.07) is 21.7. The third-order valence-electron chi connectivity index (χ3n) is 4.65. The van der Waals surface area contributed by atoms with Crippen molar-refractivity contribution >= 4 is 5.91 Å². The van der Waals surface area contributed by atoms with Crippen molar-refractivity contribution in [2.24, 2.45) is 0 Å². The van der Waals surface area contributed by atoms with E-state index < -0.39 is 6.10 Å². The van der Waals surface area contributed by atoms with Gasteiger partial charge in [-0.2, -0.15) is 0 Å². The highest BCUT2D eigenvalue weighted by molar-refractivity contribution is 5.89. The Kier molecular flexibility index (Phi) is 4.12. The summed E-state index contributed by atoms with van der Waals surface area (Å²) in [5.74, 6) is 0.764. The third kappa shape index (κ3) is 2.75. The van der Waals surface area contributed by atoms with Crippen molar-refractivity contribution in [1.29, 1.82) is 0 Å². The summed E-state index contributed by atoms with van der Waals surface area (Å²) in [5, 5.41) is 0. The summed E-state index contributed by atoms with van der Waals surface area (Å²) in [7, 11) is 1.57. The molecule has 1 saturated heterocycles. The van der Waals surface area contributed by atoms with Gasteiger partial charge in [-0.1, -0.05) is 60.7 Å². The molecular formula is C21H19NO3. The van der Waals surface area contributed by atoms with Gasteiger partial charge in [0.2, 0.25) is 0 Å². The second-order valence-corrected chi connectivity index (χ2v) is 6.12. The number of rotatable bonds is 5. The Morgan fingerprint density at radius 1 is 1.00 bits per heavy atom. The van der Waals surface area contributed by atoms with Crippen LogP contribution < -0.4 is 0 Å². The van der Waals surface area contributed by atoms with Gasteiger partial charge in [0.05, 0.1) is 6.26 Å². The Morgan fingerprint density at radius 2 is 1.68 bits per heavy atom. The van der Waals surface area contributed by atoms with Crippen LogP contribution in [0.3, 0.4) is 0 Å². The predicted octanol–water partition coefficient (Wildman–Crippen LogP) is 4.05. The highest BCUT2D eigenvalue weighted by atomic mass is 16.5. The molecule has 0 bridgehead atoms. The van der Waals surface area contributed by atoms with E-state index in [0.29, 0.717) is 6.54 Å². The first kappa shape index (κ1) is 15.7. The summed E-state index contributed by atoms with van der Waals surface area (Å²) in [4.78, 5) is 14.3. The Bertz CT molecular complexity index is 857. The third-order valence-corrected chi connectivity index (χ3v) is 4.65. The van der Waals surface area contributed by atoms with Crippen molar-refractivity contribution in [2.45, 2.75) is 18.7 Å². The van der Waals surface area contributed by atoms with Crippen LogP contribution in [-0.2, 0) is 16.1 Å². The fourth-order valence-corrected chi connectivity index (χ4v) is 3.39. The van der Waals surface area contributed by atoms with Gasteiger partial charge in [0.1, 0.15) is 11.8 Å². The molecule has 0 saturated carbocycles. The lowest BCUT2D eigenvalue weighted by Gasteiger charge is -2.45. The number of hydrogen-bond donors (Lipinski definition) is 0. The summed E-state index contributed by atoms with van der Waals surface area (Å²) in [6.07, 6.45) is 1.17. The summed E-state index contributed by atoms with van der Waals surface area (Å²) in [5.41, 5.74) is 3.15. The van der Waals surface area contributed by atoms with Crippen LogP contribution in [-0.4, -0.2) is 24.0 Å². The van der Waals surface area contributed by atoms with Gasteiger partial charge in [-0.3, -0.25) is 4.79 Å². The van der Waals surface area contributed by atoms with Crippen LogP contribution in [0.5, 0.6) is 0 Å². The Labute approximate surface area is 146 Å². The van der Waals surface area contributed by atoms with Crippen LogP contribution >= 0.6 is 0 Å². The largest absolute Gasteiger partial charge is 0.466 e. The summed E-state index contributed by atoms with van der Waals surface area (Å²) < 4.78 is 11.2. The van der Waals surface area contributed by atoms with Crippen LogP contribution in [0.15, 0.2) is 77.4 Å². The average molecular weight is 333 g/mol. The molecule has 2 aromatic carbocycles. The number of benzene rings is 2. The van der Waals surface area contributed by atoms with E-state index in [1.807, 2.05) is 71.6 Å². The van der Waals surface area contributed by atoms with Gasteiger partial charge in [-0.25, -0.2) is 0 Å². The summed E-state index contributed by atoms with van der Waals surface area (Å²) in [6.45, 7) is 0.541. The van der Waals surface area contributed by atoms with E-state index in [4.69, 9.17) is 9.15 Å². The zero-order valence-corrected chi connectivity index (χ0v) is 14.0. The number of furan rings is 1. The number of ether oxygens (including phenoxy) is 1. The van der Waals surface area contributed by atoms with Crippen LogP contribution in [0.25, 0.3) is 11.1 Å². The van der Waals surface area contributed by atoms with Gasteiger partial charge < -0.3 is 14.1 Å². The van der Waals surface area contributed by atoms with E-state index in [1.54, 1.807) is 13.4 Å². The fraction of sp³-hybridized carbons (Fsp3) is 0.190. The second kappa shape index (κ2) is 6.57. The molecule has 0 unspecified atom stereocenters. The summed E-state index contributed by atoms with van der Waals surface area (Å²) >= 11 is 0. The first-order chi connectivity index (χ1) is 12.3. The highest BCUT2D eigenvalue weighted by Crippen LogP contribution is 2.42. The van der Waals surface area contributed by atoms with E-state index >= 15 is 0 Å². The van der Waals surface area contributed by atoms with Gasteiger partial charge in [-0.05, 0) is 17.2 Å². The number of amides is 1. The van der Waals surface area contributed by atoms with Crippen molar-refractivity contribution in [3.63, 3.8) is 0 Å². The molecule has 4 heteroatoms. The molecule has 4 rings (SSSR count). The van der Waals surface area contributed by atoms with E-state index in [-0.39, 0.29) is 11.9 Å². The predicted molar refractivity (Wildman–Crippen MR) is 94.7 cm³/mol. The number of hydrogen-bond acceptors (Lipinski definition) is 3. The highest BCUT2D eigenvalue weighted by Gasteiger charge is 2.50. The van der Waals surface area contributed by atoms with Crippen LogP contribution in [0, 0.1) is 0 Å². The molecule has 1 amide bonds. The fourth-order valence-electron chi connectivity index (χ4n) is 3.39. The van der Waals surface area contributed by atoms with Crippen molar-refractivity contribution in [3.8, 4) is 11.1 Å². The number of β-lactam (4-membered cyclic amide) rings is 1. The minimum atomic E-state index is -0.502. The van der Waals surface area contributed by atoms with Gasteiger partial charge in [0.25, 0.3) is 5.91 Å². The minimum absolute atomic E-state index is 0.00763. The zero-order chi connectivity index (χ0) is 17.2. The number of methoxy groups -OCH3 is 1. The number of carbonyl (C=O) groups is 1. The lowest BCUT2D eigenvalue weighted by atomic mass is 9.90.